The summed E-state index contributed by atoms with van der Waals surface area (Å²) in [5.41, 5.74) is 1.82. The van der Waals surface area contributed by atoms with E-state index in [9.17, 15) is 4.79 Å². The summed E-state index contributed by atoms with van der Waals surface area (Å²) in [5.74, 6) is 0.951. The average molecular weight is 352 g/mol. The minimum absolute atomic E-state index is 0.109. The molecule has 3 aromatic rings. The van der Waals surface area contributed by atoms with Gasteiger partial charge in [-0.15, -0.1) is 0 Å². The van der Waals surface area contributed by atoms with Gasteiger partial charge in [0, 0.05) is 19.8 Å². The molecule has 7 nitrogen and oxygen atoms in total. The van der Waals surface area contributed by atoms with Crippen LogP contribution in [0, 0.1) is 5.92 Å². The number of rotatable bonds is 4. The topological polar surface area (TPSA) is 78.8 Å². The van der Waals surface area contributed by atoms with Gasteiger partial charge in [-0.25, -0.2) is 4.98 Å². The molecule has 0 radical (unpaired) electrons. The van der Waals surface area contributed by atoms with E-state index in [4.69, 9.17) is 0 Å². The predicted molar refractivity (Wildman–Crippen MR) is 102 cm³/mol. The van der Waals surface area contributed by atoms with Crippen LogP contribution in [-0.4, -0.2) is 44.8 Å². The molecule has 136 valence electrons. The van der Waals surface area contributed by atoms with Gasteiger partial charge in [0.25, 0.3) is 5.56 Å². The zero-order valence-electron chi connectivity index (χ0n) is 15.1. The average Bonchev–Trinajstić information content (AvgIpc) is 3.05. The van der Waals surface area contributed by atoms with Crippen LogP contribution in [0.3, 0.4) is 0 Å². The molecule has 7 heteroatoms. The van der Waals surface area contributed by atoms with Gasteiger partial charge in [-0.1, -0.05) is 12.1 Å². The Kier molecular flexibility index (Phi) is 4.46. The molecule has 1 saturated heterocycles. The molecule has 0 bridgehead atoms. The third-order valence-corrected chi connectivity index (χ3v) is 5.31. The molecule has 2 atom stereocenters. The van der Waals surface area contributed by atoms with Crippen molar-refractivity contribution in [1.29, 1.82) is 0 Å². The van der Waals surface area contributed by atoms with Crippen LogP contribution in [-0.2, 0) is 7.05 Å². The van der Waals surface area contributed by atoms with Crippen LogP contribution in [0.2, 0.25) is 0 Å². The molecule has 0 spiro atoms. The Labute approximate surface area is 152 Å². The van der Waals surface area contributed by atoms with Gasteiger partial charge in [-0.3, -0.25) is 19.4 Å². The van der Waals surface area contributed by atoms with Gasteiger partial charge < -0.3 is 5.32 Å². The van der Waals surface area contributed by atoms with E-state index in [0.29, 0.717) is 28.8 Å². The number of hydrogen-bond acceptors (Lipinski definition) is 5. The van der Waals surface area contributed by atoms with Crippen molar-refractivity contribution in [2.45, 2.75) is 18.9 Å². The molecule has 1 aliphatic rings. The molecule has 3 heterocycles. The van der Waals surface area contributed by atoms with Crippen LogP contribution in [0.25, 0.3) is 10.9 Å². The highest BCUT2D eigenvalue weighted by Gasteiger charge is 2.32. The monoisotopic (exact) mass is 352 g/mol. The van der Waals surface area contributed by atoms with Crippen LogP contribution in [0.15, 0.2) is 41.3 Å². The number of hydrogen-bond donors (Lipinski definition) is 2. The lowest BCUT2D eigenvalue weighted by atomic mass is 9.87. The SMILES string of the molecule is CN1CCC[C@@H](CNc2nc3ccccc3c(=O)[nH]2)[C@@H]1c1ccnn1C. The Morgan fingerprint density at radius 3 is 2.92 bits per heavy atom. The fourth-order valence-corrected chi connectivity index (χ4v) is 4.01. The quantitative estimate of drug-likeness (QED) is 0.752. The molecule has 0 saturated carbocycles. The molecule has 0 unspecified atom stereocenters. The number of anilines is 1. The Bertz CT molecular complexity index is 962. The second-order valence-electron chi connectivity index (χ2n) is 7.02. The Morgan fingerprint density at radius 1 is 1.27 bits per heavy atom. The van der Waals surface area contributed by atoms with Gasteiger partial charge in [0.2, 0.25) is 5.95 Å². The number of nitrogens with zero attached hydrogens (tertiary/aromatic N) is 4. The number of benzene rings is 1. The van der Waals surface area contributed by atoms with Crippen molar-refractivity contribution in [2.24, 2.45) is 13.0 Å². The number of likely N-dealkylation sites (tertiary alicyclic amines) is 1. The van der Waals surface area contributed by atoms with Crippen LogP contribution < -0.4 is 10.9 Å². The third kappa shape index (κ3) is 3.10. The first-order chi connectivity index (χ1) is 12.6. The fraction of sp³-hybridized carbons (Fsp3) is 0.421. The first-order valence-corrected chi connectivity index (χ1v) is 9.04. The lowest BCUT2D eigenvalue weighted by Crippen LogP contribution is -2.40. The zero-order chi connectivity index (χ0) is 18.1. The molecule has 1 fully saturated rings. The zero-order valence-corrected chi connectivity index (χ0v) is 15.1. The highest BCUT2D eigenvalue weighted by molar-refractivity contribution is 5.78. The Hall–Kier alpha value is -2.67. The number of H-pyrrole nitrogens is 1. The molecule has 2 N–H and O–H groups in total. The number of aromatic nitrogens is 4. The van der Waals surface area contributed by atoms with Crippen molar-refractivity contribution in [3.05, 3.63) is 52.6 Å². The molecule has 2 aromatic heterocycles. The highest BCUT2D eigenvalue weighted by atomic mass is 16.1. The Balaban J connectivity index is 1.56. The number of aryl methyl sites for hydroxylation is 1. The molecule has 4 rings (SSSR count). The van der Waals surface area contributed by atoms with Gasteiger partial charge in [0.05, 0.1) is 22.6 Å². The first-order valence-electron chi connectivity index (χ1n) is 9.04. The van der Waals surface area contributed by atoms with E-state index < -0.39 is 0 Å². The van der Waals surface area contributed by atoms with Crippen molar-refractivity contribution in [3.63, 3.8) is 0 Å². The van der Waals surface area contributed by atoms with Crippen molar-refractivity contribution < 1.29 is 0 Å². The number of para-hydroxylation sites is 1. The molecule has 1 aromatic carbocycles. The molecule has 1 aliphatic heterocycles. The number of piperidine rings is 1. The van der Waals surface area contributed by atoms with Gasteiger partial charge in [-0.2, -0.15) is 5.10 Å². The van der Waals surface area contributed by atoms with Gasteiger partial charge in [-0.05, 0) is 50.6 Å². The fourth-order valence-electron chi connectivity index (χ4n) is 4.01. The summed E-state index contributed by atoms with van der Waals surface area (Å²) in [6, 6.07) is 9.80. The molecular weight excluding hydrogens is 328 g/mol. The summed E-state index contributed by atoms with van der Waals surface area (Å²) in [4.78, 5) is 22.0. The van der Waals surface area contributed by atoms with Crippen molar-refractivity contribution >= 4 is 16.9 Å². The van der Waals surface area contributed by atoms with Crippen LogP contribution in [0.5, 0.6) is 0 Å². The summed E-state index contributed by atoms with van der Waals surface area (Å²) >= 11 is 0. The second kappa shape index (κ2) is 6.92. The number of fused-ring (bicyclic) bond motifs is 1. The lowest BCUT2D eigenvalue weighted by molar-refractivity contribution is 0.121. The van der Waals surface area contributed by atoms with E-state index in [2.05, 4.69) is 38.4 Å². The van der Waals surface area contributed by atoms with Gasteiger partial charge >= 0.3 is 0 Å². The maximum absolute atomic E-state index is 12.2. The summed E-state index contributed by atoms with van der Waals surface area (Å²) in [6.45, 7) is 1.83. The van der Waals surface area contributed by atoms with Gasteiger partial charge in [0.15, 0.2) is 0 Å². The smallest absolute Gasteiger partial charge is 0.260 e. The highest BCUT2D eigenvalue weighted by Crippen LogP contribution is 2.34. The number of aromatic amines is 1. The molecule has 0 aliphatic carbocycles. The summed E-state index contributed by atoms with van der Waals surface area (Å²) in [6.07, 6.45) is 4.15. The van der Waals surface area contributed by atoms with E-state index in [1.807, 2.05) is 36.1 Å². The summed E-state index contributed by atoms with van der Waals surface area (Å²) in [7, 11) is 4.16. The van der Waals surface area contributed by atoms with E-state index in [-0.39, 0.29) is 5.56 Å². The van der Waals surface area contributed by atoms with Crippen LogP contribution in [0.4, 0.5) is 5.95 Å². The van der Waals surface area contributed by atoms with Crippen LogP contribution >= 0.6 is 0 Å². The maximum Gasteiger partial charge on any atom is 0.260 e. The second-order valence-corrected chi connectivity index (χ2v) is 7.02. The third-order valence-electron chi connectivity index (χ3n) is 5.31. The maximum atomic E-state index is 12.2. The molecule has 26 heavy (non-hydrogen) atoms. The summed E-state index contributed by atoms with van der Waals surface area (Å²) in [5, 5.41) is 8.30. The minimum Gasteiger partial charge on any atom is -0.355 e. The van der Waals surface area contributed by atoms with E-state index >= 15 is 0 Å². The van der Waals surface area contributed by atoms with Crippen molar-refractivity contribution in [1.82, 2.24) is 24.6 Å². The predicted octanol–water partition coefficient (Wildman–Crippen LogP) is 2.15. The lowest BCUT2D eigenvalue weighted by Gasteiger charge is -2.39. The normalized spacial score (nSPS) is 21.2. The molecular formula is C19H24N6O. The first kappa shape index (κ1) is 16.8. The standard InChI is InChI=1S/C19H24N6O/c1-24-11-5-6-13(17(24)16-9-10-21-25(16)2)12-20-19-22-15-8-4-3-7-14(15)18(26)23-19/h3-4,7-10,13,17H,5-6,11-12H2,1-2H3,(H2,20,22,23,26)/t13-,17+/m0/s1. The number of nitrogens with one attached hydrogen (secondary N) is 2. The van der Waals surface area contributed by atoms with Gasteiger partial charge in [0.1, 0.15) is 0 Å². The van der Waals surface area contributed by atoms with Crippen molar-refractivity contribution in [3.8, 4) is 0 Å². The largest absolute Gasteiger partial charge is 0.355 e. The summed E-state index contributed by atoms with van der Waals surface area (Å²) < 4.78 is 1.95. The van der Waals surface area contributed by atoms with Crippen molar-refractivity contribution in [2.75, 3.05) is 25.5 Å². The van der Waals surface area contributed by atoms with E-state index in [1.54, 1.807) is 6.07 Å². The molecule has 0 amide bonds. The van der Waals surface area contributed by atoms with E-state index in [0.717, 1.165) is 19.5 Å². The minimum atomic E-state index is -0.109. The van der Waals surface area contributed by atoms with E-state index in [1.165, 1.54) is 12.1 Å². The van der Waals surface area contributed by atoms with Crippen LogP contribution in [0.1, 0.15) is 24.6 Å². The Morgan fingerprint density at radius 2 is 2.12 bits per heavy atom.